The lowest BCUT2D eigenvalue weighted by Crippen LogP contribution is -2.09. The van der Waals surface area contributed by atoms with Gasteiger partial charge in [-0.1, -0.05) is 25.8 Å². The Bertz CT molecular complexity index is 1060. The van der Waals surface area contributed by atoms with Gasteiger partial charge in [-0.05, 0) is 36.3 Å². The van der Waals surface area contributed by atoms with E-state index in [-0.39, 0.29) is 5.95 Å². The van der Waals surface area contributed by atoms with Crippen molar-refractivity contribution in [1.82, 2.24) is 14.5 Å². The number of ether oxygens (including phenoxy) is 1. The molecule has 0 saturated carbocycles. The van der Waals surface area contributed by atoms with Gasteiger partial charge in [-0.2, -0.15) is 4.98 Å². The minimum Gasteiger partial charge on any atom is -0.496 e. The molecule has 0 fully saturated rings. The maximum atomic E-state index is 10.8. The lowest BCUT2D eigenvalue weighted by molar-refractivity contribution is -0.131. The van der Waals surface area contributed by atoms with Crippen LogP contribution < -0.4 is 15.8 Å². The molecular weight excluding hydrogens is 382 g/mol. The Kier molecular flexibility index (Phi) is 6.90. The number of nitrogens with zero attached hydrogens (tertiary/aromatic N) is 3. The quantitative estimate of drug-likeness (QED) is 0.345. The molecule has 0 aliphatic carbocycles. The third-order valence-electron chi connectivity index (χ3n) is 4.76. The minimum absolute atomic E-state index is 0.233. The average molecular weight is 409 g/mol. The summed E-state index contributed by atoms with van der Waals surface area (Å²) in [5, 5.41) is 12.3. The molecule has 8 nitrogen and oxygen atoms in total. The Morgan fingerprint density at radius 1 is 1.30 bits per heavy atom. The number of carboxylic acids is 1. The highest BCUT2D eigenvalue weighted by Crippen LogP contribution is 2.27. The van der Waals surface area contributed by atoms with Gasteiger partial charge in [0.2, 0.25) is 5.95 Å². The van der Waals surface area contributed by atoms with Gasteiger partial charge in [-0.3, -0.25) is 0 Å². The molecule has 0 radical (unpaired) electrons. The first-order chi connectivity index (χ1) is 14.5. The number of anilines is 2. The number of nitrogens with one attached hydrogen (secondary N) is 1. The molecule has 2 heterocycles. The van der Waals surface area contributed by atoms with Crippen LogP contribution in [0.4, 0.5) is 11.8 Å². The second kappa shape index (κ2) is 9.78. The molecular formula is C22H27N5O3. The Hall–Kier alpha value is -3.55. The van der Waals surface area contributed by atoms with Gasteiger partial charge in [0.15, 0.2) is 5.82 Å². The molecule has 158 valence electrons. The summed E-state index contributed by atoms with van der Waals surface area (Å²) >= 11 is 0. The van der Waals surface area contributed by atoms with Crippen LogP contribution in [0.2, 0.25) is 0 Å². The number of nitrogen functional groups attached to an aromatic ring is 1. The Morgan fingerprint density at radius 3 is 2.87 bits per heavy atom. The fourth-order valence-electron chi connectivity index (χ4n) is 3.34. The van der Waals surface area contributed by atoms with Crippen LogP contribution in [-0.2, 0) is 11.3 Å². The van der Waals surface area contributed by atoms with Gasteiger partial charge in [0.25, 0.3) is 0 Å². The fourth-order valence-corrected chi connectivity index (χ4v) is 3.34. The molecule has 2 aromatic heterocycles. The number of carbonyl (C=O) groups is 1. The summed E-state index contributed by atoms with van der Waals surface area (Å²) in [4.78, 5) is 19.6. The van der Waals surface area contributed by atoms with Crippen molar-refractivity contribution < 1.29 is 14.6 Å². The molecule has 0 spiro atoms. The molecule has 4 N–H and O–H groups in total. The van der Waals surface area contributed by atoms with E-state index in [1.54, 1.807) is 13.2 Å². The standard InChI is InChI=1S/C22H27N5O3/c1-3-4-5-11-24-21-20-17(25-22(23)26-21)10-12-27(20)14-16-13-15(7-9-19(28)29)6-8-18(16)30-2/h6-10,12-13H,3-5,11,14H2,1-2H3,(H,28,29)(H3,23,24,25,26)/b9-7+. The van der Waals surface area contributed by atoms with Crippen molar-refractivity contribution in [2.45, 2.75) is 32.7 Å². The van der Waals surface area contributed by atoms with Crippen molar-refractivity contribution in [2.75, 3.05) is 24.7 Å². The molecule has 1 aromatic carbocycles. The Labute approximate surface area is 175 Å². The zero-order chi connectivity index (χ0) is 21.5. The number of aromatic nitrogens is 3. The summed E-state index contributed by atoms with van der Waals surface area (Å²) in [5.74, 6) is 0.673. The summed E-state index contributed by atoms with van der Waals surface area (Å²) in [6.07, 6.45) is 7.95. The number of fused-ring (bicyclic) bond motifs is 1. The Morgan fingerprint density at radius 2 is 2.13 bits per heavy atom. The maximum absolute atomic E-state index is 10.8. The molecule has 0 amide bonds. The monoisotopic (exact) mass is 409 g/mol. The fraction of sp³-hybridized carbons (Fsp3) is 0.318. The van der Waals surface area contributed by atoms with Crippen molar-refractivity contribution >= 4 is 34.8 Å². The average Bonchev–Trinajstić information content (AvgIpc) is 3.12. The summed E-state index contributed by atoms with van der Waals surface area (Å²) in [6.45, 7) is 3.49. The van der Waals surface area contributed by atoms with E-state index in [4.69, 9.17) is 15.6 Å². The van der Waals surface area contributed by atoms with Crippen LogP contribution in [0, 0.1) is 0 Å². The number of unbranched alkanes of at least 4 members (excludes halogenated alkanes) is 2. The topological polar surface area (TPSA) is 115 Å². The summed E-state index contributed by atoms with van der Waals surface area (Å²) < 4.78 is 7.55. The number of methoxy groups -OCH3 is 1. The third kappa shape index (κ3) is 5.08. The van der Waals surface area contributed by atoms with Gasteiger partial charge in [0, 0.05) is 24.4 Å². The SMILES string of the molecule is CCCCCNc1nc(N)nc2ccn(Cc3cc(/C=C/C(=O)O)ccc3OC)c12. The van der Waals surface area contributed by atoms with E-state index in [0.29, 0.717) is 12.4 Å². The highest BCUT2D eigenvalue weighted by atomic mass is 16.5. The third-order valence-corrected chi connectivity index (χ3v) is 4.76. The molecule has 8 heteroatoms. The van der Waals surface area contributed by atoms with Gasteiger partial charge >= 0.3 is 5.97 Å². The molecule has 0 aliphatic heterocycles. The van der Waals surface area contributed by atoms with Gasteiger partial charge in [-0.15, -0.1) is 0 Å². The number of hydrogen-bond acceptors (Lipinski definition) is 6. The highest BCUT2D eigenvalue weighted by Gasteiger charge is 2.13. The van der Waals surface area contributed by atoms with Crippen LogP contribution in [0.25, 0.3) is 17.1 Å². The van der Waals surface area contributed by atoms with Crippen molar-refractivity contribution in [2.24, 2.45) is 0 Å². The van der Waals surface area contributed by atoms with Crippen LogP contribution in [0.1, 0.15) is 37.3 Å². The van der Waals surface area contributed by atoms with E-state index >= 15 is 0 Å². The predicted molar refractivity (Wildman–Crippen MR) is 119 cm³/mol. The first-order valence-corrected chi connectivity index (χ1v) is 9.96. The molecule has 0 atom stereocenters. The lowest BCUT2D eigenvalue weighted by Gasteiger charge is -2.14. The van der Waals surface area contributed by atoms with E-state index in [0.717, 1.165) is 59.8 Å². The molecule has 0 aliphatic rings. The van der Waals surface area contributed by atoms with Crippen LogP contribution in [0.15, 0.2) is 36.5 Å². The van der Waals surface area contributed by atoms with E-state index in [9.17, 15) is 4.79 Å². The Balaban J connectivity index is 1.95. The van der Waals surface area contributed by atoms with Gasteiger partial charge < -0.3 is 25.5 Å². The van der Waals surface area contributed by atoms with E-state index in [1.807, 2.05) is 35.0 Å². The number of rotatable bonds is 10. The lowest BCUT2D eigenvalue weighted by atomic mass is 10.1. The predicted octanol–water partition coefficient (Wildman–Crippen LogP) is 3.77. The number of aliphatic carboxylic acids is 1. The van der Waals surface area contributed by atoms with Gasteiger partial charge in [0.05, 0.1) is 19.2 Å². The zero-order valence-corrected chi connectivity index (χ0v) is 17.3. The largest absolute Gasteiger partial charge is 0.496 e. The van der Waals surface area contributed by atoms with Crippen LogP contribution >= 0.6 is 0 Å². The van der Waals surface area contributed by atoms with E-state index < -0.39 is 5.97 Å². The normalized spacial score (nSPS) is 11.3. The first-order valence-electron chi connectivity index (χ1n) is 9.96. The molecule has 0 saturated heterocycles. The first kappa shape index (κ1) is 21.2. The van der Waals surface area contributed by atoms with Gasteiger partial charge in [-0.25, -0.2) is 9.78 Å². The van der Waals surface area contributed by atoms with Crippen LogP contribution in [-0.4, -0.2) is 39.3 Å². The number of hydrogen-bond donors (Lipinski definition) is 3. The number of nitrogens with two attached hydrogens (primary N) is 1. The molecule has 30 heavy (non-hydrogen) atoms. The molecule has 0 bridgehead atoms. The zero-order valence-electron chi connectivity index (χ0n) is 17.3. The van der Waals surface area contributed by atoms with E-state index in [2.05, 4.69) is 22.2 Å². The smallest absolute Gasteiger partial charge is 0.328 e. The van der Waals surface area contributed by atoms with E-state index in [1.165, 1.54) is 0 Å². The molecule has 3 aromatic rings. The number of benzene rings is 1. The van der Waals surface area contributed by atoms with Crippen molar-refractivity contribution in [3.63, 3.8) is 0 Å². The van der Waals surface area contributed by atoms with Crippen LogP contribution in [0.3, 0.4) is 0 Å². The van der Waals surface area contributed by atoms with Crippen molar-refractivity contribution in [1.29, 1.82) is 0 Å². The molecule has 0 unspecified atom stereocenters. The summed E-state index contributed by atoms with van der Waals surface area (Å²) in [7, 11) is 1.61. The number of carboxylic acid groups (broad SMARTS) is 1. The second-order valence-corrected chi connectivity index (χ2v) is 6.98. The summed E-state index contributed by atoms with van der Waals surface area (Å²) in [6, 6.07) is 7.48. The minimum atomic E-state index is -0.989. The van der Waals surface area contributed by atoms with Crippen molar-refractivity contribution in [3.05, 3.63) is 47.7 Å². The van der Waals surface area contributed by atoms with Crippen LogP contribution in [0.5, 0.6) is 5.75 Å². The second-order valence-electron chi connectivity index (χ2n) is 6.98. The van der Waals surface area contributed by atoms with Gasteiger partial charge in [0.1, 0.15) is 11.3 Å². The highest BCUT2D eigenvalue weighted by molar-refractivity contribution is 5.88. The van der Waals surface area contributed by atoms with Crippen molar-refractivity contribution in [3.8, 4) is 5.75 Å². The maximum Gasteiger partial charge on any atom is 0.328 e. The molecule has 3 rings (SSSR count). The summed E-state index contributed by atoms with van der Waals surface area (Å²) in [5.41, 5.74) is 9.22.